The number of likely N-dealkylation sites (N-methyl/N-ethyl adjacent to an activating group) is 1. The smallest absolute Gasteiger partial charge is 0.279 e. The average molecular weight is 331 g/mol. The number of hydrogen-bond acceptors (Lipinski definition) is 3. The number of aromatic nitrogens is 1. The number of carbonyl (C=O) groups is 2. The zero-order valence-corrected chi connectivity index (χ0v) is 14.6. The van der Waals surface area contributed by atoms with Gasteiger partial charge in [0.25, 0.3) is 5.91 Å². The molecule has 2 amide bonds. The Morgan fingerprint density at radius 2 is 1.91 bits per heavy atom. The van der Waals surface area contributed by atoms with Crippen molar-refractivity contribution in [1.29, 1.82) is 0 Å². The predicted octanol–water partition coefficient (Wildman–Crippen LogP) is 2.60. The molecular formula is C17H21N3O2S. The maximum absolute atomic E-state index is 12.3. The topological polar surface area (TPSA) is 63.5 Å². The molecular weight excluding hydrogens is 310 g/mol. The predicted molar refractivity (Wildman–Crippen MR) is 91.5 cm³/mol. The molecule has 0 bridgehead atoms. The number of carbonyl (C=O) groups excluding carboxylic acids is 2. The van der Waals surface area contributed by atoms with Crippen LogP contribution in [0.4, 0.5) is 0 Å². The molecule has 0 radical (unpaired) electrons. The van der Waals surface area contributed by atoms with Crippen LogP contribution in [0, 0.1) is 13.8 Å². The Hall–Kier alpha value is -2.21. The SMILES string of the molecule is CCNC(=O)C(C)n1cc(C)sc1=NC(=O)c1ccc(C)cc1. The van der Waals surface area contributed by atoms with Crippen LogP contribution >= 0.6 is 11.3 Å². The van der Waals surface area contributed by atoms with Crippen LogP contribution in [-0.2, 0) is 4.79 Å². The first-order valence-corrected chi connectivity index (χ1v) is 8.36. The second kappa shape index (κ2) is 7.37. The second-order valence-electron chi connectivity index (χ2n) is 5.39. The van der Waals surface area contributed by atoms with E-state index in [1.54, 1.807) is 23.6 Å². The fourth-order valence-corrected chi connectivity index (χ4v) is 3.03. The van der Waals surface area contributed by atoms with E-state index in [0.717, 1.165) is 10.4 Å². The molecule has 0 fully saturated rings. The zero-order valence-electron chi connectivity index (χ0n) is 13.8. The molecule has 1 atom stereocenters. The summed E-state index contributed by atoms with van der Waals surface area (Å²) in [6.07, 6.45) is 1.85. The van der Waals surface area contributed by atoms with Gasteiger partial charge in [-0.05, 0) is 39.8 Å². The number of aryl methyl sites for hydroxylation is 2. The van der Waals surface area contributed by atoms with E-state index in [1.807, 2.05) is 39.1 Å². The molecule has 1 N–H and O–H groups in total. The van der Waals surface area contributed by atoms with Crippen molar-refractivity contribution >= 4 is 23.2 Å². The number of nitrogens with zero attached hydrogens (tertiary/aromatic N) is 2. The van der Waals surface area contributed by atoms with Gasteiger partial charge in [-0.1, -0.05) is 17.7 Å². The second-order valence-corrected chi connectivity index (χ2v) is 6.60. The van der Waals surface area contributed by atoms with Gasteiger partial charge >= 0.3 is 0 Å². The first-order chi connectivity index (χ1) is 10.9. The summed E-state index contributed by atoms with van der Waals surface area (Å²) in [7, 11) is 0. The van der Waals surface area contributed by atoms with E-state index in [1.165, 1.54) is 11.3 Å². The normalized spacial score (nSPS) is 13.0. The van der Waals surface area contributed by atoms with Gasteiger partial charge in [-0.2, -0.15) is 4.99 Å². The lowest BCUT2D eigenvalue weighted by Crippen LogP contribution is -2.34. The third-order valence-corrected chi connectivity index (χ3v) is 4.35. The van der Waals surface area contributed by atoms with Gasteiger partial charge in [-0.25, -0.2) is 0 Å². The lowest BCUT2D eigenvalue weighted by Gasteiger charge is -2.12. The molecule has 122 valence electrons. The van der Waals surface area contributed by atoms with Crippen molar-refractivity contribution in [2.24, 2.45) is 4.99 Å². The van der Waals surface area contributed by atoms with E-state index in [0.29, 0.717) is 16.9 Å². The maximum atomic E-state index is 12.3. The third-order valence-electron chi connectivity index (χ3n) is 3.44. The van der Waals surface area contributed by atoms with Gasteiger partial charge in [-0.3, -0.25) is 9.59 Å². The van der Waals surface area contributed by atoms with Crippen molar-refractivity contribution in [2.75, 3.05) is 6.54 Å². The molecule has 1 heterocycles. The van der Waals surface area contributed by atoms with Crippen LogP contribution in [0.25, 0.3) is 0 Å². The lowest BCUT2D eigenvalue weighted by molar-refractivity contribution is -0.123. The number of benzene rings is 1. The molecule has 0 aliphatic carbocycles. The van der Waals surface area contributed by atoms with Crippen molar-refractivity contribution in [3.63, 3.8) is 0 Å². The quantitative estimate of drug-likeness (QED) is 0.936. The van der Waals surface area contributed by atoms with Crippen molar-refractivity contribution in [1.82, 2.24) is 9.88 Å². The van der Waals surface area contributed by atoms with E-state index in [4.69, 9.17) is 0 Å². The Bertz CT molecular complexity index is 772. The van der Waals surface area contributed by atoms with Gasteiger partial charge in [0.2, 0.25) is 5.91 Å². The number of hydrogen-bond donors (Lipinski definition) is 1. The van der Waals surface area contributed by atoms with E-state index in [2.05, 4.69) is 10.3 Å². The molecule has 5 nitrogen and oxygen atoms in total. The van der Waals surface area contributed by atoms with Gasteiger partial charge in [0.05, 0.1) is 0 Å². The van der Waals surface area contributed by atoms with Crippen molar-refractivity contribution in [3.05, 3.63) is 51.3 Å². The highest BCUT2D eigenvalue weighted by Crippen LogP contribution is 2.10. The molecule has 1 aromatic heterocycles. The van der Waals surface area contributed by atoms with Crippen molar-refractivity contribution in [2.45, 2.75) is 33.7 Å². The van der Waals surface area contributed by atoms with E-state index in [-0.39, 0.29) is 11.8 Å². The number of rotatable bonds is 4. The van der Waals surface area contributed by atoms with Gasteiger partial charge in [0.1, 0.15) is 6.04 Å². The fraction of sp³-hybridized carbons (Fsp3) is 0.353. The number of thiazole rings is 1. The summed E-state index contributed by atoms with van der Waals surface area (Å²) in [5.74, 6) is -0.391. The summed E-state index contributed by atoms with van der Waals surface area (Å²) in [5.41, 5.74) is 1.63. The fourth-order valence-electron chi connectivity index (χ4n) is 2.13. The molecule has 0 saturated carbocycles. The Balaban J connectivity index is 2.37. The highest BCUT2D eigenvalue weighted by Gasteiger charge is 2.16. The summed E-state index contributed by atoms with van der Waals surface area (Å²) in [5, 5.41) is 2.79. The summed E-state index contributed by atoms with van der Waals surface area (Å²) in [6, 6.07) is 6.88. The van der Waals surface area contributed by atoms with Crippen LogP contribution in [0.15, 0.2) is 35.5 Å². The Kier molecular flexibility index (Phi) is 5.50. The highest BCUT2D eigenvalue weighted by molar-refractivity contribution is 7.09. The minimum atomic E-state index is -0.413. The maximum Gasteiger partial charge on any atom is 0.279 e. The summed E-state index contributed by atoms with van der Waals surface area (Å²) < 4.78 is 1.75. The highest BCUT2D eigenvalue weighted by atomic mass is 32.1. The van der Waals surface area contributed by atoms with Gasteiger partial charge in [0.15, 0.2) is 4.80 Å². The molecule has 1 unspecified atom stereocenters. The molecule has 0 aliphatic heterocycles. The van der Waals surface area contributed by atoms with Gasteiger partial charge < -0.3 is 9.88 Å². The van der Waals surface area contributed by atoms with Crippen LogP contribution < -0.4 is 10.1 Å². The van der Waals surface area contributed by atoms with Crippen molar-refractivity contribution in [3.8, 4) is 0 Å². The minimum Gasteiger partial charge on any atom is -0.355 e. The van der Waals surface area contributed by atoms with E-state index >= 15 is 0 Å². The van der Waals surface area contributed by atoms with Gasteiger partial charge in [0, 0.05) is 23.2 Å². The zero-order chi connectivity index (χ0) is 17.0. The first-order valence-electron chi connectivity index (χ1n) is 7.54. The Morgan fingerprint density at radius 3 is 2.52 bits per heavy atom. The molecule has 23 heavy (non-hydrogen) atoms. The molecule has 6 heteroatoms. The van der Waals surface area contributed by atoms with Crippen LogP contribution in [0.2, 0.25) is 0 Å². The monoisotopic (exact) mass is 331 g/mol. The molecule has 1 aromatic carbocycles. The largest absolute Gasteiger partial charge is 0.355 e. The van der Waals surface area contributed by atoms with Crippen LogP contribution in [0.1, 0.15) is 40.7 Å². The van der Waals surface area contributed by atoms with E-state index < -0.39 is 6.04 Å². The van der Waals surface area contributed by atoms with Crippen LogP contribution in [-0.4, -0.2) is 22.9 Å². The van der Waals surface area contributed by atoms with Crippen molar-refractivity contribution < 1.29 is 9.59 Å². The summed E-state index contributed by atoms with van der Waals surface area (Å²) in [6.45, 7) is 8.14. The van der Waals surface area contributed by atoms with Gasteiger partial charge in [-0.15, -0.1) is 11.3 Å². The first kappa shape index (κ1) is 17.1. The van der Waals surface area contributed by atoms with E-state index in [9.17, 15) is 9.59 Å². The molecule has 0 aliphatic rings. The molecule has 0 spiro atoms. The average Bonchev–Trinajstić information content (AvgIpc) is 2.87. The minimum absolute atomic E-state index is 0.0884. The van der Waals surface area contributed by atoms with Crippen LogP contribution in [0.3, 0.4) is 0 Å². The summed E-state index contributed by atoms with van der Waals surface area (Å²) in [4.78, 5) is 30.1. The third kappa shape index (κ3) is 4.16. The van der Waals surface area contributed by atoms with Crippen LogP contribution in [0.5, 0.6) is 0 Å². The molecule has 2 aromatic rings. The lowest BCUT2D eigenvalue weighted by atomic mass is 10.1. The molecule has 2 rings (SSSR count). The summed E-state index contributed by atoms with van der Waals surface area (Å²) >= 11 is 1.40. The number of nitrogens with one attached hydrogen (secondary N) is 1. The Morgan fingerprint density at radius 1 is 1.26 bits per heavy atom. The Labute approximate surface area is 139 Å². The standard InChI is InChI=1S/C17H21N3O2S/c1-5-18-15(21)13(4)20-10-12(3)23-17(20)19-16(22)14-8-6-11(2)7-9-14/h6-10,13H,5H2,1-4H3,(H,18,21). The molecule has 0 saturated heterocycles. The number of amides is 2.